The van der Waals surface area contributed by atoms with Gasteiger partial charge in [-0.2, -0.15) is 0 Å². The largest absolute Gasteiger partial charge is 0.490 e. The van der Waals surface area contributed by atoms with Crippen molar-refractivity contribution >= 4 is 35.2 Å². The molecule has 6 rings (SSSR count). The van der Waals surface area contributed by atoms with Crippen LogP contribution < -0.4 is 10.1 Å². The maximum absolute atomic E-state index is 13.6. The van der Waals surface area contributed by atoms with E-state index in [9.17, 15) is 19.2 Å². The number of piperidine rings is 1. The molecule has 8 nitrogen and oxygen atoms in total. The van der Waals surface area contributed by atoms with Crippen molar-refractivity contribution < 1.29 is 23.9 Å². The highest BCUT2D eigenvalue weighted by Crippen LogP contribution is 2.32. The predicted molar refractivity (Wildman–Crippen MR) is 154 cm³/mol. The van der Waals surface area contributed by atoms with Gasteiger partial charge in [0.15, 0.2) is 0 Å². The number of carbonyl (C=O) groups is 4. The Morgan fingerprint density at radius 3 is 2.51 bits per heavy atom. The van der Waals surface area contributed by atoms with Gasteiger partial charge in [0, 0.05) is 48.6 Å². The Labute approximate surface area is 243 Å². The molecule has 2 unspecified atom stereocenters. The van der Waals surface area contributed by atoms with Crippen LogP contribution in [0.25, 0.3) is 11.1 Å². The average molecular weight is 572 g/mol. The summed E-state index contributed by atoms with van der Waals surface area (Å²) in [6, 6.07) is 19.9. The van der Waals surface area contributed by atoms with E-state index < -0.39 is 11.9 Å². The van der Waals surface area contributed by atoms with Crippen molar-refractivity contribution in [3.63, 3.8) is 0 Å². The summed E-state index contributed by atoms with van der Waals surface area (Å²) in [6.07, 6.45) is 2.79. The lowest BCUT2D eigenvalue weighted by Gasteiger charge is -2.29. The lowest BCUT2D eigenvalue weighted by atomic mass is 9.99. The van der Waals surface area contributed by atoms with E-state index in [2.05, 4.69) is 5.32 Å². The van der Waals surface area contributed by atoms with Crippen LogP contribution in [0.15, 0.2) is 66.7 Å². The van der Waals surface area contributed by atoms with Crippen LogP contribution in [0.1, 0.15) is 58.4 Å². The van der Waals surface area contributed by atoms with Gasteiger partial charge in [-0.15, -0.1) is 0 Å². The Balaban J connectivity index is 1.10. The van der Waals surface area contributed by atoms with Crippen LogP contribution in [0.3, 0.4) is 0 Å². The van der Waals surface area contributed by atoms with Crippen LogP contribution in [0, 0.1) is 0 Å². The number of nitrogens with zero attached hydrogens (tertiary/aromatic N) is 2. The molecule has 3 heterocycles. The van der Waals surface area contributed by atoms with Gasteiger partial charge in [0.05, 0.1) is 0 Å². The zero-order valence-electron chi connectivity index (χ0n) is 22.5. The van der Waals surface area contributed by atoms with E-state index in [0.29, 0.717) is 54.4 Å². The molecule has 3 aromatic carbocycles. The molecule has 0 radical (unpaired) electrons. The highest BCUT2D eigenvalue weighted by Gasteiger charge is 2.39. The van der Waals surface area contributed by atoms with Crippen molar-refractivity contribution in [1.29, 1.82) is 0 Å². The lowest BCUT2D eigenvalue weighted by Crippen LogP contribution is -2.52. The van der Waals surface area contributed by atoms with Crippen molar-refractivity contribution in [2.45, 2.75) is 50.8 Å². The number of ether oxygens (including phenoxy) is 1. The Bertz CT molecular complexity index is 1520. The van der Waals surface area contributed by atoms with Crippen molar-refractivity contribution in [2.24, 2.45) is 0 Å². The quantitative estimate of drug-likeness (QED) is 0.442. The third-order valence-electron chi connectivity index (χ3n) is 8.07. The molecule has 0 saturated carbocycles. The van der Waals surface area contributed by atoms with E-state index in [4.69, 9.17) is 16.3 Å². The molecule has 3 aliphatic heterocycles. The molecule has 2 atom stereocenters. The molecule has 3 aliphatic rings. The zero-order chi connectivity index (χ0) is 28.5. The van der Waals surface area contributed by atoms with E-state index >= 15 is 0 Å². The number of fused-ring (bicyclic) bond motifs is 1. The number of halogens is 1. The van der Waals surface area contributed by atoms with Gasteiger partial charge in [-0.1, -0.05) is 41.9 Å². The molecule has 9 heteroatoms. The van der Waals surface area contributed by atoms with Crippen LogP contribution in [0.2, 0.25) is 5.02 Å². The van der Waals surface area contributed by atoms with Gasteiger partial charge in [0.1, 0.15) is 17.9 Å². The summed E-state index contributed by atoms with van der Waals surface area (Å²) in [6.45, 7) is 1.52. The standard InChI is InChI=1S/C32H30ClN3O5/c33-22-9-7-20(8-10-22)25-5-1-2-6-27(25)31(39)35-16-3-4-23(15-17-35)41-24-11-12-26-21(18-24)19-36(32(26)40)28-13-14-29(37)34-30(28)38/h1-2,5-12,18,23,28H,3-4,13-17,19H2,(H,34,37,38). The minimum atomic E-state index is -0.646. The number of carbonyl (C=O) groups excluding carboxylic acids is 4. The fourth-order valence-corrected chi connectivity index (χ4v) is 6.05. The zero-order valence-corrected chi connectivity index (χ0v) is 23.2. The first-order valence-electron chi connectivity index (χ1n) is 14.0. The molecule has 1 N–H and O–H groups in total. The van der Waals surface area contributed by atoms with Crippen LogP contribution in [-0.4, -0.2) is 58.7 Å². The van der Waals surface area contributed by atoms with Crippen LogP contribution in [0.5, 0.6) is 5.75 Å². The second-order valence-corrected chi connectivity index (χ2v) is 11.2. The van der Waals surface area contributed by atoms with Gasteiger partial charge < -0.3 is 14.5 Å². The predicted octanol–water partition coefficient (Wildman–Crippen LogP) is 4.84. The van der Waals surface area contributed by atoms with E-state index in [-0.39, 0.29) is 30.2 Å². The molecule has 0 aliphatic carbocycles. The van der Waals surface area contributed by atoms with Gasteiger partial charge >= 0.3 is 0 Å². The number of nitrogens with one attached hydrogen (secondary N) is 1. The number of hydrogen-bond acceptors (Lipinski definition) is 5. The fraction of sp³-hybridized carbons (Fsp3) is 0.312. The van der Waals surface area contributed by atoms with Crippen molar-refractivity contribution in [3.05, 3.63) is 88.4 Å². The topological polar surface area (TPSA) is 96.0 Å². The molecular formula is C32H30ClN3O5. The molecular weight excluding hydrogens is 542 g/mol. The summed E-state index contributed by atoms with van der Waals surface area (Å²) in [4.78, 5) is 53.9. The summed E-state index contributed by atoms with van der Waals surface area (Å²) in [5.74, 6) is -0.267. The number of imide groups is 1. The van der Waals surface area contributed by atoms with Gasteiger partial charge in [0.2, 0.25) is 11.8 Å². The number of hydrogen-bond donors (Lipinski definition) is 1. The first-order valence-corrected chi connectivity index (χ1v) is 14.3. The molecule has 0 spiro atoms. The number of benzene rings is 3. The van der Waals surface area contributed by atoms with Gasteiger partial charge in [-0.3, -0.25) is 24.5 Å². The Hall–Kier alpha value is -4.17. The third kappa shape index (κ3) is 5.57. The van der Waals surface area contributed by atoms with Crippen LogP contribution >= 0.6 is 11.6 Å². The monoisotopic (exact) mass is 571 g/mol. The third-order valence-corrected chi connectivity index (χ3v) is 8.32. The van der Waals surface area contributed by atoms with Crippen LogP contribution in [-0.2, 0) is 16.1 Å². The summed E-state index contributed by atoms with van der Waals surface area (Å²) in [5.41, 5.74) is 3.85. The molecule has 210 valence electrons. The highest BCUT2D eigenvalue weighted by molar-refractivity contribution is 6.30. The van der Waals surface area contributed by atoms with Gasteiger partial charge in [-0.05, 0) is 72.4 Å². The molecule has 3 aromatic rings. The normalized spacial score (nSPS) is 20.9. The second kappa shape index (κ2) is 11.4. The number of rotatable bonds is 5. The van der Waals surface area contributed by atoms with Gasteiger partial charge in [0.25, 0.3) is 11.8 Å². The van der Waals surface area contributed by atoms with E-state index in [1.54, 1.807) is 12.1 Å². The Kier molecular flexibility index (Phi) is 7.49. The molecule has 2 fully saturated rings. The molecule has 41 heavy (non-hydrogen) atoms. The number of likely N-dealkylation sites (tertiary alicyclic amines) is 1. The highest BCUT2D eigenvalue weighted by atomic mass is 35.5. The van der Waals surface area contributed by atoms with E-state index in [1.807, 2.05) is 59.5 Å². The summed E-state index contributed by atoms with van der Waals surface area (Å²) in [5, 5.41) is 2.98. The minimum absolute atomic E-state index is 0.000726. The van der Waals surface area contributed by atoms with E-state index in [0.717, 1.165) is 29.5 Å². The fourth-order valence-electron chi connectivity index (χ4n) is 5.92. The summed E-state index contributed by atoms with van der Waals surface area (Å²) >= 11 is 6.07. The SMILES string of the molecule is O=C1CCC(N2Cc3cc(OC4CCCN(C(=O)c5ccccc5-c5ccc(Cl)cc5)CC4)ccc3C2=O)C(=O)N1. The Morgan fingerprint density at radius 2 is 1.71 bits per heavy atom. The first kappa shape index (κ1) is 27.0. The lowest BCUT2D eigenvalue weighted by molar-refractivity contribution is -0.136. The maximum Gasteiger partial charge on any atom is 0.255 e. The number of amides is 4. The maximum atomic E-state index is 13.6. The van der Waals surface area contributed by atoms with Crippen LogP contribution in [0.4, 0.5) is 0 Å². The first-order chi connectivity index (χ1) is 19.9. The minimum Gasteiger partial charge on any atom is -0.490 e. The second-order valence-electron chi connectivity index (χ2n) is 10.7. The van der Waals surface area contributed by atoms with Gasteiger partial charge in [-0.25, -0.2) is 0 Å². The van der Waals surface area contributed by atoms with Crippen molar-refractivity contribution in [1.82, 2.24) is 15.1 Å². The summed E-state index contributed by atoms with van der Waals surface area (Å²) in [7, 11) is 0. The van der Waals surface area contributed by atoms with E-state index in [1.165, 1.54) is 4.90 Å². The molecule has 4 amide bonds. The molecule has 2 saturated heterocycles. The molecule has 0 bridgehead atoms. The smallest absolute Gasteiger partial charge is 0.255 e. The van der Waals surface area contributed by atoms with Crippen molar-refractivity contribution in [3.8, 4) is 16.9 Å². The summed E-state index contributed by atoms with van der Waals surface area (Å²) < 4.78 is 6.35. The molecule has 0 aromatic heterocycles. The Morgan fingerprint density at radius 1 is 0.902 bits per heavy atom. The van der Waals surface area contributed by atoms with Crippen molar-refractivity contribution in [2.75, 3.05) is 13.1 Å². The average Bonchev–Trinajstić information content (AvgIpc) is 3.12.